The van der Waals surface area contributed by atoms with Crippen LogP contribution in [0.15, 0.2) is 35.1 Å². The maximum absolute atomic E-state index is 10.7. The van der Waals surface area contributed by atoms with E-state index in [1.807, 2.05) is 19.1 Å². The number of nitrogens with zero attached hydrogens (tertiary/aromatic N) is 3. The summed E-state index contributed by atoms with van der Waals surface area (Å²) in [5.41, 5.74) is 9.52. The molecule has 15 heavy (non-hydrogen) atoms. The molecule has 1 rings (SSSR count). The first-order valence-electron chi connectivity index (χ1n) is 4.21. The van der Waals surface area contributed by atoms with Crippen LogP contribution >= 0.6 is 0 Å². The summed E-state index contributed by atoms with van der Waals surface area (Å²) in [5.74, 6) is -1.24. The molecule has 0 aliphatic carbocycles. The topological polar surface area (TPSA) is 86.1 Å². The summed E-state index contributed by atoms with van der Waals surface area (Å²) in [7, 11) is 0. The lowest BCUT2D eigenvalue weighted by Crippen LogP contribution is -1.97. The molecule has 0 saturated heterocycles. The Morgan fingerprint density at radius 1 is 1.53 bits per heavy atom. The van der Waals surface area contributed by atoms with Crippen LogP contribution in [0.1, 0.15) is 11.1 Å². The minimum absolute atomic E-state index is 0.313. The van der Waals surface area contributed by atoms with Gasteiger partial charge in [0, 0.05) is 4.91 Å². The van der Waals surface area contributed by atoms with Crippen molar-refractivity contribution in [3.8, 4) is 0 Å². The van der Waals surface area contributed by atoms with E-state index in [1.54, 1.807) is 12.1 Å². The normalized spacial score (nSPS) is 10.6. The lowest BCUT2D eigenvalue weighted by Gasteiger charge is -1.99. The van der Waals surface area contributed by atoms with Crippen molar-refractivity contribution in [2.45, 2.75) is 6.92 Å². The Bertz CT molecular complexity index is 455. The van der Waals surface area contributed by atoms with Crippen molar-refractivity contribution in [3.05, 3.63) is 51.5 Å². The number of carboxylic acids is 1. The first-order valence-corrected chi connectivity index (χ1v) is 4.21. The van der Waals surface area contributed by atoms with Crippen molar-refractivity contribution in [2.75, 3.05) is 0 Å². The van der Waals surface area contributed by atoms with Crippen LogP contribution in [0.5, 0.6) is 0 Å². The summed E-state index contributed by atoms with van der Waals surface area (Å²) in [6.07, 6.45) is 1.34. The lowest BCUT2D eigenvalue weighted by atomic mass is 10.1. The van der Waals surface area contributed by atoms with Crippen molar-refractivity contribution in [3.63, 3.8) is 0 Å². The van der Waals surface area contributed by atoms with Gasteiger partial charge in [0.25, 0.3) is 0 Å². The maximum atomic E-state index is 10.7. The molecule has 0 heterocycles. The molecule has 5 heteroatoms. The van der Waals surface area contributed by atoms with Crippen LogP contribution in [-0.2, 0) is 4.79 Å². The molecule has 5 nitrogen and oxygen atoms in total. The second kappa shape index (κ2) is 4.83. The van der Waals surface area contributed by atoms with Gasteiger partial charge in [-0.25, -0.2) is 4.79 Å². The number of azide groups is 1. The van der Waals surface area contributed by atoms with Crippen molar-refractivity contribution in [1.29, 1.82) is 0 Å². The SMILES string of the molecule is Cc1ccccc1C=C(N=[N+]=[N-])C(=O)O. The van der Waals surface area contributed by atoms with Gasteiger partial charge in [0.2, 0.25) is 0 Å². The highest BCUT2D eigenvalue weighted by molar-refractivity contribution is 5.91. The molecule has 0 atom stereocenters. The van der Waals surface area contributed by atoms with Crippen LogP contribution in [-0.4, -0.2) is 11.1 Å². The Morgan fingerprint density at radius 3 is 2.73 bits per heavy atom. The molecule has 76 valence electrons. The highest BCUT2D eigenvalue weighted by Gasteiger charge is 2.04. The van der Waals surface area contributed by atoms with E-state index in [2.05, 4.69) is 10.0 Å². The lowest BCUT2D eigenvalue weighted by molar-refractivity contribution is -0.132. The molecule has 0 unspecified atom stereocenters. The number of aryl methyl sites for hydroxylation is 1. The van der Waals surface area contributed by atoms with Gasteiger partial charge in [0.05, 0.1) is 0 Å². The fourth-order valence-corrected chi connectivity index (χ4v) is 1.08. The monoisotopic (exact) mass is 203 g/mol. The zero-order valence-corrected chi connectivity index (χ0v) is 8.08. The average molecular weight is 203 g/mol. The first kappa shape index (κ1) is 10.8. The highest BCUT2D eigenvalue weighted by atomic mass is 16.4. The predicted octanol–water partition coefficient (Wildman–Crippen LogP) is 2.73. The Labute approximate surface area is 86.3 Å². The summed E-state index contributed by atoms with van der Waals surface area (Å²) in [5, 5.41) is 11.8. The Morgan fingerprint density at radius 2 is 2.20 bits per heavy atom. The van der Waals surface area contributed by atoms with E-state index in [9.17, 15) is 4.79 Å². The van der Waals surface area contributed by atoms with Crippen LogP contribution in [0, 0.1) is 6.92 Å². The fourth-order valence-electron chi connectivity index (χ4n) is 1.08. The van der Waals surface area contributed by atoms with E-state index < -0.39 is 5.97 Å². The quantitative estimate of drug-likeness (QED) is 0.354. The first-order chi connectivity index (χ1) is 7.15. The van der Waals surface area contributed by atoms with Crippen molar-refractivity contribution < 1.29 is 9.90 Å². The summed E-state index contributed by atoms with van der Waals surface area (Å²) in [6.45, 7) is 1.85. The largest absolute Gasteiger partial charge is 0.478 e. The number of aliphatic carboxylic acids is 1. The zero-order valence-electron chi connectivity index (χ0n) is 8.08. The van der Waals surface area contributed by atoms with E-state index in [-0.39, 0.29) is 5.70 Å². The second-order valence-corrected chi connectivity index (χ2v) is 2.88. The smallest absolute Gasteiger partial charge is 0.338 e. The molecule has 0 amide bonds. The van der Waals surface area contributed by atoms with Crippen LogP contribution in [0.3, 0.4) is 0 Å². The summed E-state index contributed by atoms with van der Waals surface area (Å²) < 4.78 is 0. The van der Waals surface area contributed by atoms with Crippen LogP contribution in [0.25, 0.3) is 16.5 Å². The van der Waals surface area contributed by atoms with Crippen LogP contribution < -0.4 is 0 Å². The third-order valence-corrected chi connectivity index (χ3v) is 1.85. The summed E-state index contributed by atoms with van der Waals surface area (Å²) in [6, 6.07) is 7.24. The molecule has 0 spiro atoms. The third kappa shape index (κ3) is 2.86. The minimum atomic E-state index is -1.24. The molecule has 1 aromatic rings. The predicted molar refractivity (Wildman–Crippen MR) is 55.9 cm³/mol. The van der Waals surface area contributed by atoms with Crippen molar-refractivity contribution in [2.24, 2.45) is 5.11 Å². The molecular weight excluding hydrogens is 194 g/mol. The van der Waals surface area contributed by atoms with Gasteiger partial charge in [-0.2, -0.15) is 0 Å². The number of rotatable bonds is 3. The van der Waals surface area contributed by atoms with E-state index in [0.29, 0.717) is 0 Å². The fraction of sp³-hybridized carbons (Fsp3) is 0.100. The number of carboxylic acid groups (broad SMARTS) is 1. The van der Waals surface area contributed by atoms with Gasteiger partial charge in [-0.3, -0.25) is 0 Å². The maximum Gasteiger partial charge on any atom is 0.338 e. The van der Waals surface area contributed by atoms with Gasteiger partial charge in [0.15, 0.2) is 0 Å². The molecule has 0 aliphatic rings. The van der Waals surface area contributed by atoms with E-state index in [4.69, 9.17) is 10.6 Å². The zero-order chi connectivity index (χ0) is 11.3. The van der Waals surface area contributed by atoms with E-state index in [1.165, 1.54) is 6.08 Å². The summed E-state index contributed by atoms with van der Waals surface area (Å²) in [4.78, 5) is 13.1. The minimum Gasteiger partial charge on any atom is -0.478 e. The number of benzene rings is 1. The third-order valence-electron chi connectivity index (χ3n) is 1.85. The number of carbonyl (C=O) groups is 1. The van der Waals surface area contributed by atoms with Gasteiger partial charge in [-0.1, -0.05) is 29.4 Å². The molecule has 1 N–H and O–H groups in total. The van der Waals surface area contributed by atoms with Gasteiger partial charge < -0.3 is 5.11 Å². The van der Waals surface area contributed by atoms with E-state index >= 15 is 0 Å². The van der Waals surface area contributed by atoms with Crippen molar-refractivity contribution in [1.82, 2.24) is 0 Å². The Kier molecular flexibility index (Phi) is 3.49. The number of hydrogen-bond acceptors (Lipinski definition) is 2. The van der Waals surface area contributed by atoms with E-state index in [0.717, 1.165) is 11.1 Å². The van der Waals surface area contributed by atoms with Crippen LogP contribution in [0.4, 0.5) is 0 Å². The number of hydrogen-bond donors (Lipinski definition) is 1. The van der Waals surface area contributed by atoms with Crippen molar-refractivity contribution >= 4 is 12.0 Å². The molecule has 1 aromatic carbocycles. The van der Waals surface area contributed by atoms with Gasteiger partial charge in [-0.05, 0) is 29.7 Å². The Hall–Kier alpha value is -2.26. The molecule has 0 radical (unpaired) electrons. The molecule has 0 fully saturated rings. The summed E-state index contributed by atoms with van der Waals surface area (Å²) >= 11 is 0. The van der Waals surface area contributed by atoms with Gasteiger partial charge in [-0.15, -0.1) is 0 Å². The van der Waals surface area contributed by atoms with Gasteiger partial charge >= 0.3 is 5.97 Å². The highest BCUT2D eigenvalue weighted by Crippen LogP contribution is 2.12. The Balaban J connectivity index is 3.19. The van der Waals surface area contributed by atoms with Crippen LogP contribution in [0.2, 0.25) is 0 Å². The standard InChI is InChI=1S/C10H9N3O2/c1-7-4-2-3-5-8(7)6-9(10(14)15)12-13-11/h2-6H,1H3,(H,14,15). The molecule has 0 saturated carbocycles. The molecule has 0 aromatic heterocycles. The second-order valence-electron chi connectivity index (χ2n) is 2.88. The average Bonchev–Trinajstić information content (AvgIpc) is 2.20. The molecule has 0 aliphatic heterocycles. The molecule has 0 bridgehead atoms. The van der Waals surface area contributed by atoms with Gasteiger partial charge in [0.1, 0.15) is 5.70 Å². The molecular formula is C10H9N3O2.